The third-order valence-corrected chi connectivity index (χ3v) is 5.46. The summed E-state index contributed by atoms with van der Waals surface area (Å²) in [6.45, 7) is 1.91. The van der Waals surface area contributed by atoms with Gasteiger partial charge in [0.15, 0.2) is 5.76 Å². The van der Waals surface area contributed by atoms with E-state index in [-0.39, 0.29) is 5.91 Å². The van der Waals surface area contributed by atoms with Crippen LogP contribution in [0.3, 0.4) is 0 Å². The van der Waals surface area contributed by atoms with Gasteiger partial charge in [-0.2, -0.15) is 0 Å². The largest absolute Gasteiger partial charge is 0.455 e. The fraction of sp³-hybridized carbons (Fsp3) is 0.500. The molecule has 5 heteroatoms. The first kappa shape index (κ1) is 16.3. The summed E-state index contributed by atoms with van der Waals surface area (Å²) in [5.74, 6) is 1.12. The van der Waals surface area contributed by atoms with Gasteiger partial charge >= 0.3 is 0 Å². The van der Waals surface area contributed by atoms with Crippen LogP contribution in [-0.4, -0.2) is 30.4 Å². The summed E-state index contributed by atoms with van der Waals surface area (Å²) >= 11 is 1.84. The molecular weight excluding hydrogens is 308 g/mol. The van der Waals surface area contributed by atoms with E-state index in [0.29, 0.717) is 11.8 Å². The Morgan fingerprint density at radius 2 is 2.30 bits per heavy atom. The average Bonchev–Trinajstić information content (AvgIpc) is 3.25. The number of piperidine rings is 1. The average molecular weight is 332 g/mol. The SMILES string of the molecule is CNC(=O)c1ccc(CN2CCCC[C@H]2CCc2cccs2)o1. The smallest absolute Gasteiger partial charge is 0.286 e. The number of carbonyl (C=O) groups is 1. The lowest BCUT2D eigenvalue weighted by molar-refractivity contribution is 0.0924. The van der Waals surface area contributed by atoms with Gasteiger partial charge in [0.25, 0.3) is 5.91 Å². The van der Waals surface area contributed by atoms with E-state index in [2.05, 4.69) is 27.7 Å². The molecule has 3 heterocycles. The van der Waals surface area contributed by atoms with Crippen LogP contribution in [0.15, 0.2) is 34.1 Å². The van der Waals surface area contributed by atoms with Crippen LogP contribution < -0.4 is 5.32 Å². The molecule has 0 spiro atoms. The van der Waals surface area contributed by atoms with E-state index >= 15 is 0 Å². The van der Waals surface area contributed by atoms with E-state index in [9.17, 15) is 4.79 Å². The molecule has 0 aromatic carbocycles. The zero-order chi connectivity index (χ0) is 16.1. The number of hydrogen-bond donors (Lipinski definition) is 1. The predicted molar refractivity (Wildman–Crippen MR) is 92.8 cm³/mol. The number of furan rings is 1. The highest BCUT2D eigenvalue weighted by Gasteiger charge is 2.23. The maximum atomic E-state index is 11.6. The van der Waals surface area contributed by atoms with E-state index in [1.54, 1.807) is 13.1 Å². The number of carbonyl (C=O) groups excluding carboxylic acids is 1. The van der Waals surface area contributed by atoms with E-state index in [0.717, 1.165) is 25.3 Å². The van der Waals surface area contributed by atoms with Crippen molar-refractivity contribution >= 4 is 17.2 Å². The van der Waals surface area contributed by atoms with Gasteiger partial charge in [-0.15, -0.1) is 11.3 Å². The number of nitrogens with one attached hydrogen (secondary N) is 1. The Bertz CT molecular complexity index is 621. The van der Waals surface area contributed by atoms with E-state index < -0.39 is 0 Å². The lowest BCUT2D eigenvalue weighted by Gasteiger charge is -2.35. The molecule has 1 N–H and O–H groups in total. The van der Waals surface area contributed by atoms with Crippen LogP contribution >= 0.6 is 11.3 Å². The summed E-state index contributed by atoms with van der Waals surface area (Å²) in [6.07, 6.45) is 6.17. The molecule has 0 saturated carbocycles. The third kappa shape index (κ3) is 4.24. The van der Waals surface area contributed by atoms with Gasteiger partial charge in [0.2, 0.25) is 0 Å². The molecule has 1 saturated heterocycles. The van der Waals surface area contributed by atoms with Gasteiger partial charge in [-0.25, -0.2) is 0 Å². The van der Waals surface area contributed by atoms with E-state index in [1.165, 1.54) is 30.6 Å². The Morgan fingerprint density at radius 1 is 1.39 bits per heavy atom. The summed E-state index contributed by atoms with van der Waals surface area (Å²) in [4.78, 5) is 15.6. The van der Waals surface area contributed by atoms with Gasteiger partial charge in [0.1, 0.15) is 5.76 Å². The first-order valence-electron chi connectivity index (χ1n) is 8.33. The van der Waals surface area contributed by atoms with Gasteiger partial charge < -0.3 is 9.73 Å². The second kappa shape index (κ2) is 7.79. The van der Waals surface area contributed by atoms with Gasteiger partial charge in [0, 0.05) is 18.0 Å². The Balaban J connectivity index is 1.59. The molecule has 4 nitrogen and oxygen atoms in total. The summed E-state index contributed by atoms with van der Waals surface area (Å²) in [5, 5.41) is 4.75. The maximum Gasteiger partial charge on any atom is 0.286 e. The van der Waals surface area contributed by atoms with Gasteiger partial charge in [-0.05, 0) is 55.8 Å². The number of likely N-dealkylation sites (tertiary alicyclic amines) is 1. The number of nitrogens with zero attached hydrogens (tertiary/aromatic N) is 1. The molecule has 2 aromatic rings. The summed E-state index contributed by atoms with van der Waals surface area (Å²) < 4.78 is 5.69. The Morgan fingerprint density at radius 3 is 3.09 bits per heavy atom. The monoisotopic (exact) mass is 332 g/mol. The van der Waals surface area contributed by atoms with Crippen molar-refractivity contribution in [2.24, 2.45) is 0 Å². The molecule has 1 fully saturated rings. The molecule has 0 unspecified atom stereocenters. The quantitative estimate of drug-likeness (QED) is 0.877. The molecule has 124 valence electrons. The number of rotatable bonds is 6. The minimum Gasteiger partial charge on any atom is -0.455 e. The molecule has 23 heavy (non-hydrogen) atoms. The maximum absolute atomic E-state index is 11.6. The minimum absolute atomic E-state index is 0.163. The van der Waals surface area contributed by atoms with Crippen molar-refractivity contribution in [3.8, 4) is 0 Å². The minimum atomic E-state index is -0.163. The van der Waals surface area contributed by atoms with Crippen LogP contribution in [0.1, 0.15) is 46.9 Å². The Kier molecular flexibility index (Phi) is 5.51. The Hall–Kier alpha value is -1.59. The number of aryl methyl sites for hydroxylation is 1. The Labute approximate surface area is 141 Å². The highest BCUT2D eigenvalue weighted by atomic mass is 32.1. The summed E-state index contributed by atoms with van der Waals surface area (Å²) in [7, 11) is 1.62. The number of hydrogen-bond acceptors (Lipinski definition) is 4. The summed E-state index contributed by atoms with van der Waals surface area (Å²) in [5.41, 5.74) is 0. The van der Waals surface area contributed by atoms with Crippen LogP contribution in [0.25, 0.3) is 0 Å². The first-order chi connectivity index (χ1) is 11.3. The molecule has 1 aliphatic heterocycles. The molecule has 0 radical (unpaired) electrons. The third-order valence-electron chi connectivity index (χ3n) is 4.52. The molecule has 0 bridgehead atoms. The van der Waals surface area contributed by atoms with E-state index in [4.69, 9.17) is 4.42 Å². The second-order valence-electron chi connectivity index (χ2n) is 6.08. The van der Waals surface area contributed by atoms with Gasteiger partial charge in [-0.3, -0.25) is 9.69 Å². The topological polar surface area (TPSA) is 45.5 Å². The van der Waals surface area contributed by atoms with E-state index in [1.807, 2.05) is 17.4 Å². The lowest BCUT2D eigenvalue weighted by Crippen LogP contribution is -2.39. The lowest BCUT2D eigenvalue weighted by atomic mass is 9.97. The normalized spacial score (nSPS) is 18.9. The zero-order valence-corrected chi connectivity index (χ0v) is 14.4. The molecule has 1 atom stereocenters. The van der Waals surface area contributed by atoms with Crippen LogP contribution in [0.2, 0.25) is 0 Å². The zero-order valence-electron chi connectivity index (χ0n) is 13.6. The fourth-order valence-corrected chi connectivity index (χ4v) is 3.99. The van der Waals surface area contributed by atoms with Crippen LogP contribution in [-0.2, 0) is 13.0 Å². The highest BCUT2D eigenvalue weighted by molar-refractivity contribution is 7.09. The van der Waals surface area contributed by atoms with Crippen molar-refractivity contribution in [1.82, 2.24) is 10.2 Å². The standard InChI is InChI=1S/C18H24N2O2S/c1-19-18(21)17-10-8-15(22-17)13-20-11-3-2-5-14(20)7-9-16-6-4-12-23-16/h4,6,8,10,12,14H,2-3,5,7,9,11,13H2,1H3,(H,19,21)/t14-/m0/s1. The molecule has 1 aliphatic rings. The fourth-order valence-electron chi connectivity index (χ4n) is 3.27. The second-order valence-corrected chi connectivity index (χ2v) is 7.12. The van der Waals surface area contributed by atoms with Crippen molar-refractivity contribution in [3.63, 3.8) is 0 Å². The molecule has 3 rings (SSSR count). The molecule has 1 amide bonds. The van der Waals surface area contributed by atoms with Crippen molar-refractivity contribution in [1.29, 1.82) is 0 Å². The molecule has 0 aliphatic carbocycles. The van der Waals surface area contributed by atoms with Gasteiger partial charge in [0.05, 0.1) is 6.54 Å². The molecule has 2 aromatic heterocycles. The number of thiophene rings is 1. The van der Waals surface area contributed by atoms with Crippen LogP contribution in [0.4, 0.5) is 0 Å². The van der Waals surface area contributed by atoms with Crippen molar-refractivity contribution in [2.45, 2.75) is 44.7 Å². The highest BCUT2D eigenvalue weighted by Crippen LogP contribution is 2.25. The van der Waals surface area contributed by atoms with Crippen LogP contribution in [0.5, 0.6) is 0 Å². The van der Waals surface area contributed by atoms with Crippen molar-refractivity contribution in [3.05, 3.63) is 46.0 Å². The van der Waals surface area contributed by atoms with Gasteiger partial charge in [-0.1, -0.05) is 12.5 Å². The number of amides is 1. The summed E-state index contributed by atoms with van der Waals surface area (Å²) in [6, 6.07) is 8.65. The van der Waals surface area contributed by atoms with Crippen LogP contribution in [0, 0.1) is 0 Å². The van der Waals surface area contributed by atoms with Crippen molar-refractivity contribution < 1.29 is 9.21 Å². The molecular formula is C18H24N2O2S. The first-order valence-corrected chi connectivity index (χ1v) is 9.21. The van der Waals surface area contributed by atoms with Crippen molar-refractivity contribution in [2.75, 3.05) is 13.6 Å². The predicted octanol–water partition coefficient (Wildman–Crippen LogP) is 3.69.